The molecule has 1 atom stereocenters. The van der Waals surface area contributed by atoms with Crippen molar-refractivity contribution in [2.75, 3.05) is 6.54 Å². The molecule has 5 heteroatoms. The number of carbonyl (C=O) groups excluding carboxylic acids is 1. The van der Waals surface area contributed by atoms with E-state index in [9.17, 15) is 9.59 Å². The highest BCUT2D eigenvalue weighted by atomic mass is 32.1. The highest BCUT2D eigenvalue weighted by Gasteiger charge is 2.34. The average molecular weight is 239 g/mol. The number of amides is 1. The van der Waals surface area contributed by atoms with Crippen LogP contribution < -0.4 is 0 Å². The number of hydrogen-bond donors (Lipinski definition) is 1. The molecule has 0 radical (unpaired) electrons. The molecule has 0 aliphatic carbocycles. The maximum Gasteiger partial charge on any atom is 0.308 e. The van der Waals surface area contributed by atoms with Crippen LogP contribution in [0.2, 0.25) is 0 Å². The molecule has 1 amide bonds. The molecule has 1 aliphatic heterocycles. The maximum absolute atomic E-state index is 11.6. The van der Waals surface area contributed by atoms with Crippen molar-refractivity contribution in [2.24, 2.45) is 5.92 Å². The van der Waals surface area contributed by atoms with Gasteiger partial charge in [-0.15, -0.1) is 0 Å². The van der Waals surface area contributed by atoms with Crippen molar-refractivity contribution < 1.29 is 14.7 Å². The van der Waals surface area contributed by atoms with Crippen LogP contribution in [0.3, 0.4) is 0 Å². The van der Waals surface area contributed by atoms with Crippen molar-refractivity contribution in [3.05, 3.63) is 21.9 Å². The summed E-state index contributed by atoms with van der Waals surface area (Å²) in [5.41, 5.74) is 2.28. The standard InChI is InChI=1S/C11H13NO3S/c1-7-5-16-6-9(7)4-12-3-8(11(14)15)2-10(12)13/h5-6,8H,2-4H2,1H3,(H,14,15). The smallest absolute Gasteiger partial charge is 0.308 e. The number of nitrogens with zero attached hydrogens (tertiary/aromatic N) is 1. The number of thiophene rings is 1. The fourth-order valence-corrected chi connectivity index (χ4v) is 2.69. The van der Waals surface area contributed by atoms with E-state index in [0.717, 1.165) is 11.1 Å². The zero-order chi connectivity index (χ0) is 11.7. The molecule has 0 aromatic carbocycles. The Labute approximate surface area is 97.5 Å². The highest BCUT2D eigenvalue weighted by Crippen LogP contribution is 2.22. The average Bonchev–Trinajstić information content (AvgIpc) is 2.76. The fraction of sp³-hybridized carbons (Fsp3) is 0.455. The molecule has 1 N–H and O–H groups in total. The lowest BCUT2D eigenvalue weighted by atomic mass is 10.1. The normalized spacial score (nSPS) is 20.4. The summed E-state index contributed by atoms with van der Waals surface area (Å²) in [5, 5.41) is 12.9. The van der Waals surface area contributed by atoms with Gasteiger partial charge in [0, 0.05) is 19.5 Å². The van der Waals surface area contributed by atoms with Crippen LogP contribution in [0.1, 0.15) is 17.5 Å². The summed E-state index contributed by atoms with van der Waals surface area (Å²) >= 11 is 1.60. The minimum Gasteiger partial charge on any atom is -0.481 e. The first-order chi connectivity index (χ1) is 7.58. The lowest BCUT2D eigenvalue weighted by Crippen LogP contribution is -2.25. The zero-order valence-corrected chi connectivity index (χ0v) is 9.79. The molecule has 1 aliphatic rings. The number of aryl methyl sites for hydroxylation is 1. The number of aliphatic carboxylic acids is 1. The number of likely N-dealkylation sites (tertiary alicyclic amines) is 1. The summed E-state index contributed by atoms with van der Waals surface area (Å²) < 4.78 is 0. The summed E-state index contributed by atoms with van der Waals surface area (Å²) in [6, 6.07) is 0. The van der Waals surface area contributed by atoms with Crippen LogP contribution in [0, 0.1) is 12.8 Å². The number of carboxylic acids is 1. The Balaban J connectivity index is 2.04. The molecule has 4 nitrogen and oxygen atoms in total. The van der Waals surface area contributed by atoms with E-state index in [1.165, 1.54) is 0 Å². The summed E-state index contributed by atoms with van der Waals surface area (Å²) in [5.74, 6) is -1.47. The first-order valence-corrected chi connectivity index (χ1v) is 6.04. The van der Waals surface area contributed by atoms with E-state index in [2.05, 4.69) is 0 Å². The van der Waals surface area contributed by atoms with Gasteiger partial charge in [-0.25, -0.2) is 0 Å². The Kier molecular flexibility index (Phi) is 2.96. The predicted molar refractivity (Wildman–Crippen MR) is 60.2 cm³/mol. The molecule has 86 valence electrons. The summed E-state index contributed by atoms with van der Waals surface area (Å²) in [6.45, 7) is 2.88. The molecule has 2 rings (SSSR count). The topological polar surface area (TPSA) is 57.6 Å². The quantitative estimate of drug-likeness (QED) is 0.869. The monoisotopic (exact) mass is 239 g/mol. The maximum atomic E-state index is 11.6. The number of rotatable bonds is 3. The molecule has 1 unspecified atom stereocenters. The van der Waals surface area contributed by atoms with Crippen LogP contribution in [0.15, 0.2) is 10.8 Å². The van der Waals surface area contributed by atoms with Gasteiger partial charge < -0.3 is 10.0 Å². The SMILES string of the molecule is Cc1cscc1CN1CC(C(=O)O)CC1=O. The van der Waals surface area contributed by atoms with E-state index in [0.29, 0.717) is 13.1 Å². The minimum atomic E-state index is -0.877. The van der Waals surface area contributed by atoms with E-state index in [-0.39, 0.29) is 12.3 Å². The van der Waals surface area contributed by atoms with E-state index in [1.807, 2.05) is 17.7 Å². The van der Waals surface area contributed by atoms with Gasteiger partial charge in [0.05, 0.1) is 5.92 Å². The van der Waals surface area contributed by atoms with E-state index < -0.39 is 11.9 Å². The third-order valence-electron chi connectivity index (χ3n) is 2.89. The second-order valence-corrected chi connectivity index (χ2v) is 4.84. The Morgan fingerprint density at radius 2 is 2.38 bits per heavy atom. The fourth-order valence-electron chi connectivity index (χ4n) is 1.84. The van der Waals surface area contributed by atoms with Crippen LogP contribution >= 0.6 is 11.3 Å². The van der Waals surface area contributed by atoms with Crippen LogP contribution in [-0.2, 0) is 16.1 Å². The number of hydrogen-bond acceptors (Lipinski definition) is 3. The second-order valence-electron chi connectivity index (χ2n) is 4.09. The Hall–Kier alpha value is -1.36. The molecule has 1 saturated heterocycles. The van der Waals surface area contributed by atoms with Crippen molar-refractivity contribution in [2.45, 2.75) is 19.9 Å². The largest absolute Gasteiger partial charge is 0.481 e. The Bertz CT molecular complexity index is 427. The molecular formula is C11H13NO3S. The van der Waals surface area contributed by atoms with Crippen LogP contribution in [0.5, 0.6) is 0 Å². The third kappa shape index (κ3) is 2.09. The lowest BCUT2D eigenvalue weighted by Gasteiger charge is -2.15. The van der Waals surface area contributed by atoms with Gasteiger partial charge in [0.2, 0.25) is 5.91 Å². The van der Waals surface area contributed by atoms with Crippen LogP contribution in [0.4, 0.5) is 0 Å². The molecular weight excluding hydrogens is 226 g/mol. The molecule has 0 bridgehead atoms. The molecule has 0 spiro atoms. The van der Waals surface area contributed by atoms with Gasteiger partial charge in [-0.05, 0) is 28.8 Å². The molecule has 16 heavy (non-hydrogen) atoms. The van der Waals surface area contributed by atoms with Gasteiger partial charge in [0.15, 0.2) is 0 Å². The zero-order valence-electron chi connectivity index (χ0n) is 8.97. The molecule has 1 aromatic rings. The summed E-state index contributed by atoms with van der Waals surface area (Å²) in [7, 11) is 0. The van der Waals surface area contributed by atoms with Crippen LogP contribution in [0.25, 0.3) is 0 Å². The minimum absolute atomic E-state index is 0.0574. The molecule has 0 saturated carbocycles. The van der Waals surface area contributed by atoms with Crippen molar-refractivity contribution in [1.82, 2.24) is 4.90 Å². The number of carbonyl (C=O) groups is 2. The summed E-state index contributed by atoms with van der Waals surface area (Å²) in [4.78, 5) is 24.0. The van der Waals surface area contributed by atoms with Gasteiger partial charge in [-0.2, -0.15) is 11.3 Å². The van der Waals surface area contributed by atoms with E-state index in [1.54, 1.807) is 16.2 Å². The predicted octanol–water partition coefficient (Wildman–Crippen LogP) is 1.49. The second kappa shape index (κ2) is 4.25. The number of carboxylic acid groups (broad SMARTS) is 1. The van der Waals surface area contributed by atoms with Gasteiger partial charge in [0.1, 0.15) is 0 Å². The highest BCUT2D eigenvalue weighted by molar-refractivity contribution is 7.08. The van der Waals surface area contributed by atoms with E-state index >= 15 is 0 Å². The van der Waals surface area contributed by atoms with Gasteiger partial charge >= 0.3 is 5.97 Å². The summed E-state index contributed by atoms with van der Waals surface area (Å²) in [6.07, 6.45) is 0.137. The van der Waals surface area contributed by atoms with Crippen molar-refractivity contribution >= 4 is 23.2 Å². The van der Waals surface area contributed by atoms with Gasteiger partial charge in [-0.1, -0.05) is 0 Å². The molecule has 1 fully saturated rings. The van der Waals surface area contributed by atoms with Gasteiger partial charge in [0.25, 0.3) is 0 Å². The first-order valence-electron chi connectivity index (χ1n) is 5.10. The molecule has 1 aromatic heterocycles. The Morgan fingerprint density at radius 3 is 2.88 bits per heavy atom. The first kappa shape index (κ1) is 11.1. The molecule has 2 heterocycles. The van der Waals surface area contributed by atoms with Crippen LogP contribution in [-0.4, -0.2) is 28.4 Å². The van der Waals surface area contributed by atoms with Crippen molar-refractivity contribution in [1.29, 1.82) is 0 Å². The Morgan fingerprint density at radius 1 is 1.62 bits per heavy atom. The van der Waals surface area contributed by atoms with Crippen molar-refractivity contribution in [3.63, 3.8) is 0 Å². The lowest BCUT2D eigenvalue weighted by molar-refractivity contribution is -0.141. The van der Waals surface area contributed by atoms with Gasteiger partial charge in [-0.3, -0.25) is 9.59 Å². The van der Waals surface area contributed by atoms with E-state index in [4.69, 9.17) is 5.11 Å². The van der Waals surface area contributed by atoms with Crippen molar-refractivity contribution in [3.8, 4) is 0 Å². The third-order valence-corrected chi connectivity index (χ3v) is 3.80.